The van der Waals surface area contributed by atoms with Gasteiger partial charge in [-0.15, -0.1) is 0 Å². The third-order valence-electron chi connectivity index (χ3n) is 6.81. The molecule has 1 aromatic carbocycles. The lowest BCUT2D eigenvalue weighted by molar-refractivity contribution is 0.0685. The number of halogens is 1. The number of pyridine rings is 1. The average Bonchev–Trinajstić information content (AvgIpc) is 3.27. The maximum absolute atomic E-state index is 12.8. The van der Waals surface area contributed by atoms with Gasteiger partial charge >= 0.3 is 0 Å². The summed E-state index contributed by atoms with van der Waals surface area (Å²) in [4.78, 5) is 21.2. The molecule has 32 heavy (non-hydrogen) atoms. The second-order valence-corrected chi connectivity index (χ2v) is 9.32. The Morgan fingerprint density at radius 1 is 1.22 bits per heavy atom. The predicted molar refractivity (Wildman–Crippen MR) is 127 cm³/mol. The number of fused-ring (bicyclic) bond motifs is 1. The third kappa shape index (κ3) is 4.11. The highest BCUT2D eigenvalue weighted by atomic mass is 35.5. The van der Waals surface area contributed by atoms with Crippen molar-refractivity contribution in [3.63, 3.8) is 0 Å². The number of piperidine rings is 1. The Hall–Kier alpha value is -2.86. The molecule has 1 saturated heterocycles. The number of nitrogens with zero attached hydrogens (tertiary/aromatic N) is 4. The first-order chi connectivity index (χ1) is 15.6. The summed E-state index contributed by atoms with van der Waals surface area (Å²) in [5, 5.41) is 8.01. The van der Waals surface area contributed by atoms with Crippen LogP contribution in [0.1, 0.15) is 40.9 Å². The average molecular weight is 450 g/mol. The van der Waals surface area contributed by atoms with E-state index >= 15 is 0 Å². The first-order valence-electron chi connectivity index (χ1n) is 11.4. The topological polar surface area (TPSA) is 65.1 Å². The van der Waals surface area contributed by atoms with Crippen LogP contribution in [0.25, 0.3) is 11.3 Å². The molecule has 0 radical (unpaired) electrons. The molecule has 2 aliphatic heterocycles. The van der Waals surface area contributed by atoms with Gasteiger partial charge in [-0.3, -0.25) is 9.89 Å². The molecule has 5 rings (SSSR count). The largest absolute Gasteiger partial charge is 0.374 e. The van der Waals surface area contributed by atoms with E-state index in [1.807, 2.05) is 11.1 Å². The molecule has 6 nitrogen and oxygen atoms in total. The van der Waals surface area contributed by atoms with Crippen LogP contribution in [0.3, 0.4) is 0 Å². The monoisotopic (exact) mass is 449 g/mol. The van der Waals surface area contributed by atoms with Gasteiger partial charge in [0.1, 0.15) is 5.69 Å². The number of carbonyl (C=O) groups excluding carboxylic acids is 1. The minimum Gasteiger partial charge on any atom is -0.374 e. The van der Waals surface area contributed by atoms with Crippen LogP contribution in [0.4, 0.5) is 5.69 Å². The summed E-state index contributed by atoms with van der Waals surface area (Å²) >= 11 is 6.17. The molecule has 166 valence electrons. The van der Waals surface area contributed by atoms with E-state index in [9.17, 15) is 4.79 Å². The fourth-order valence-corrected chi connectivity index (χ4v) is 5.20. The number of rotatable bonds is 4. The molecule has 0 bridgehead atoms. The van der Waals surface area contributed by atoms with Gasteiger partial charge < -0.3 is 9.80 Å². The van der Waals surface area contributed by atoms with Crippen molar-refractivity contribution < 1.29 is 4.79 Å². The van der Waals surface area contributed by atoms with Gasteiger partial charge in [-0.1, -0.05) is 17.7 Å². The number of aromatic nitrogens is 3. The summed E-state index contributed by atoms with van der Waals surface area (Å²) in [6.45, 7) is 2.58. The smallest absolute Gasteiger partial charge is 0.273 e. The van der Waals surface area contributed by atoms with Gasteiger partial charge in [0.2, 0.25) is 0 Å². The minimum atomic E-state index is -0.0722. The molecule has 1 N–H and O–H groups in total. The molecular weight excluding hydrogens is 422 g/mol. The molecule has 0 unspecified atom stereocenters. The maximum Gasteiger partial charge on any atom is 0.273 e. The van der Waals surface area contributed by atoms with Crippen LogP contribution in [0.5, 0.6) is 0 Å². The molecule has 2 aliphatic rings. The number of carbonyl (C=O) groups is 1. The van der Waals surface area contributed by atoms with Crippen molar-refractivity contribution in [1.82, 2.24) is 20.1 Å². The van der Waals surface area contributed by atoms with E-state index in [2.05, 4.69) is 45.3 Å². The van der Waals surface area contributed by atoms with Crippen LogP contribution in [0, 0.1) is 5.92 Å². The number of amides is 1. The number of hydrogen-bond donors (Lipinski definition) is 1. The maximum atomic E-state index is 12.8. The number of hydrogen-bond acceptors (Lipinski definition) is 4. The van der Waals surface area contributed by atoms with Gasteiger partial charge in [0.25, 0.3) is 5.91 Å². The zero-order valence-corrected chi connectivity index (χ0v) is 19.1. The Morgan fingerprint density at radius 3 is 2.88 bits per heavy atom. The minimum absolute atomic E-state index is 0.0722. The molecule has 0 aliphatic carbocycles. The molecule has 0 saturated carbocycles. The molecule has 0 atom stereocenters. The van der Waals surface area contributed by atoms with Crippen molar-refractivity contribution in [2.45, 2.75) is 32.1 Å². The first-order valence-corrected chi connectivity index (χ1v) is 11.7. The van der Waals surface area contributed by atoms with Crippen LogP contribution in [-0.2, 0) is 12.8 Å². The Morgan fingerprint density at radius 2 is 2.06 bits per heavy atom. The summed E-state index contributed by atoms with van der Waals surface area (Å²) in [6.07, 6.45) is 8.81. The van der Waals surface area contributed by atoms with Crippen molar-refractivity contribution in [2.75, 3.05) is 31.6 Å². The lowest BCUT2D eigenvalue weighted by Gasteiger charge is -2.32. The van der Waals surface area contributed by atoms with Gasteiger partial charge in [-0.2, -0.15) is 5.10 Å². The van der Waals surface area contributed by atoms with E-state index in [1.54, 1.807) is 18.3 Å². The van der Waals surface area contributed by atoms with E-state index < -0.39 is 0 Å². The van der Waals surface area contributed by atoms with E-state index in [0.717, 1.165) is 51.0 Å². The quantitative estimate of drug-likeness (QED) is 0.632. The van der Waals surface area contributed by atoms with Crippen molar-refractivity contribution >= 4 is 23.2 Å². The Kier molecular flexibility index (Phi) is 5.87. The Balaban J connectivity index is 1.25. The van der Waals surface area contributed by atoms with Crippen LogP contribution in [0.15, 0.2) is 42.7 Å². The molecule has 0 spiro atoms. The second-order valence-electron chi connectivity index (χ2n) is 8.91. The van der Waals surface area contributed by atoms with E-state index in [-0.39, 0.29) is 5.91 Å². The Bertz CT molecular complexity index is 1120. The molecular formula is C25H28ClN5O. The molecule has 2 aromatic heterocycles. The molecule has 4 heterocycles. The highest BCUT2D eigenvalue weighted by Gasteiger charge is 2.26. The first kappa shape index (κ1) is 21.0. The fourth-order valence-electron chi connectivity index (χ4n) is 5.00. The summed E-state index contributed by atoms with van der Waals surface area (Å²) in [5.74, 6) is 0.454. The van der Waals surface area contributed by atoms with Crippen LogP contribution in [-0.4, -0.2) is 52.7 Å². The van der Waals surface area contributed by atoms with Gasteiger partial charge in [0.05, 0.1) is 16.9 Å². The molecule has 3 aromatic rings. The van der Waals surface area contributed by atoms with Crippen LogP contribution >= 0.6 is 11.6 Å². The second kappa shape index (κ2) is 8.94. The number of aryl methyl sites for hydroxylation is 1. The van der Waals surface area contributed by atoms with Crippen LogP contribution in [0.2, 0.25) is 5.02 Å². The fraction of sp³-hybridized carbons (Fsp3) is 0.400. The van der Waals surface area contributed by atoms with Gasteiger partial charge in [0, 0.05) is 44.1 Å². The number of likely N-dealkylation sites (tertiary alicyclic amines) is 1. The number of aromatic amines is 1. The van der Waals surface area contributed by atoms with Crippen molar-refractivity contribution in [3.8, 4) is 11.3 Å². The highest BCUT2D eigenvalue weighted by Crippen LogP contribution is 2.33. The third-order valence-corrected chi connectivity index (χ3v) is 7.11. The van der Waals surface area contributed by atoms with Gasteiger partial charge in [0.15, 0.2) is 0 Å². The van der Waals surface area contributed by atoms with Crippen molar-refractivity contribution in [1.29, 1.82) is 0 Å². The highest BCUT2D eigenvalue weighted by molar-refractivity contribution is 6.33. The predicted octanol–water partition coefficient (Wildman–Crippen LogP) is 4.60. The number of anilines is 1. The lowest BCUT2D eigenvalue weighted by atomic mass is 9.89. The molecule has 1 fully saturated rings. The lowest BCUT2D eigenvalue weighted by Crippen LogP contribution is -2.39. The van der Waals surface area contributed by atoms with Crippen molar-refractivity contribution in [2.24, 2.45) is 5.92 Å². The number of nitrogens with one attached hydrogen (secondary N) is 1. The van der Waals surface area contributed by atoms with Gasteiger partial charge in [-0.25, -0.2) is 4.98 Å². The number of H-pyrrole nitrogens is 1. The summed E-state index contributed by atoms with van der Waals surface area (Å²) in [6, 6.07) is 10.2. The van der Waals surface area contributed by atoms with E-state index in [1.165, 1.54) is 28.8 Å². The summed E-state index contributed by atoms with van der Waals surface area (Å²) in [5.41, 5.74) is 6.70. The standard InChI is InChI=1S/C25H28ClN5O/c1-30-11-3-4-18-15-19(6-7-22(18)30)23-20(16-28-29-23)14-17-8-12-31(13-9-17)25(32)24-21(26)5-2-10-27-24/h2,5-7,10,15-17H,3-4,8-9,11-14H2,1H3,(H,28,29). The Labute approximate surface area is 193 Å². The SMILES string of the molecule is CN1CCCc2cc(-c3[nH]ncc3CC3CCN(C(=O)c4ncccc4Cl)CC3)ccc21. The zero-order valence-electron chi connectivity index (χ0n) is 18.4. The zero-order chi connectivity index (χ0) is 22.1. The normalized spacial score (nSPS) is 16.8. The molecule has 1 amide bonds. The van der Waals surface area contributed by atoms with Crippen molar-refractivity contribution in [3.05, 3.63) is 64.6 Å². The van der Waals surface area contributed by atoms with E-state index in [4.69, 9.17) is 11.6 Å². The summed E-state index contributed by atoms with van der Waals surface area (Å²) < 4.78 is 0. The van der Waals surface area contributed by atoms with Crippen LogP contribution < -0.4 is 4.90 Å². The summed E-state index contributed by atoms with van der Waals surface area (Å²) in [7, 11) is 2.16. The number of benzene rings is 1. The van der Waals surface area contributed by atoms with Gasteiger partial charge in [-0.05, 0) is 73.4 Å². The van der Waals surface area contributed by atoms with E-state index in [0.29, 0.717) is 16.6 Å². The molecule has 7 heteroatoms.